The normalized spacial score (nSPS) is 22.0. The number of halogens is 1. The second-order valence-electron chi connectivity index (χ2n) is 13.7. The van der Waals surface area contributed by atoms with Gasteiger partial charge in [0.25, 0.3) is 11.8 Å². The van der Waals surface area contributed by atoms with Crippen molar-refractivity contribution in [1.29, 1.82) is 0 Å². The third kappa shape index (κ3) is 7.89. The van der Waals surface area contributed by atoms with Crippen LogP contribution in [0.2, 0.25) is 5.02 Å². The first kappa shape index (κ1) is 41.5. The molecule has 0 aliphatic carbocycles. The summed E-state index contributed by atoms with van der Waals surface area (Å²) in [6, 6.07) is -0.147. The molecule has 3 aliphatic heterocycles. The first-order valence-electron chi connectivity index (χ1n) is 17.2. The molecule has 3 aromatic rings. The average molecular weight is 862 g/mol. The van der Waals surface area contributed by atoms with Gasteiger partial charge in [-0.15, -0.1) is 11.3 Å². The number of oxime groups is 1. The van der Waals surface area contributed by atoms with Gasteiger partial charge < -0.3 is 51.3 Å². The number of aromatic hydroxyl groups is 2. The molecule has 22 nitrogen and oxygen atoms in total. The fourth-order valence-corrected chi connectivity index (χ4v) is 8.43. The molecule has 1 aromatic carbocycles. The van der Waals surface area contributed by atoms with Crippen LogP contribution in [0.1, 0.15) is 36.8 Å². The molecule has 3 aliphatic rings. The number of β-lactam (4-membered cyclic amide) rings is 1. The van der Waals surface area contributed by atoms with Gasteiger partial charge in [0.1, 0.15) is 47.5 Å². The number of urea groups is 1. The third-order valence-corrected chi connectivity index (χ3v) is 12.0. The number of nitrogen functional groups attached to an aromatic ring is 1. The number of nitrogens with one attached hydrogen (secondary N) is 2. The lowest BCUT2D eigenvalue weighted by Gasteiger charge is -2.41. The summed E-state index contributed by atoms with van der Waals surface area (Å²) in [6.07, 6.45) is 6.64. The van der Waals surface area contributed by atoms with Gasteiger partial charge in [-0.25, -0.2) is 28.7 Å². The van der Waals surface area contributed by atoms with Gasteiger partial charge in [0.05, 0.1) is 41.9 Å². The third-order valence-electron chi connectivity index (χ3n) is 9.27. The maximum absolute atomic E-state index is 13.7. The van der Waals surface area contributed by atoms with Crippen molar-refractivity contribution >= 4 is 87.4 Å². The minimum absolute atomic E-state index is 0.00450. The van der Waals surface area contributed by atoms with Crippen LogP contribution in [0.5, 0.6) is 11.5 Å². The van der Waals surface area contributed by atoms with E-state index >= 15 is 0 Å². The number of phenols is 2. The van der Waals surface area contributed by atoms with Crippen molar-refractivity contribution in [3.05, 3.63) is 52.5 Å². The molecule has 58 heavy (non-hydrogen) atoms. The summed E-state index contributed by atoms with van der Waals surface area (Å²) < 4.78 is 3.51. The first-order valence-corrected chi connectivity index (χ1v) is 19.4. The summed E-state index contributed by atoms with van der Waals surface area (Å²) in [5.74, 6) is -6.20. The van der Waals surface area contributed by atoms with Crippen LogP contribution in [0.4, 0.5) is 9.93 Å². The van der Waals surface area contributed by atoms with Crippen molar-refractivity contribution in [3.8, 4) is 11.5 Å². The molecule has 308 valence electrons. The number of thiazole rings is 1. The Labute approximate surface area is 341 Å². The van der Waals surface area contributed by atoms with Gasteiger partial charge in [0.2, 0.25) is 17.8 Å². The van der Waals surface area contributed by atoms with Gasteiger partial charge in [-0.3, -0.25) is 19.3 Å². The molecule has 0 unspecified atom stereocenters. The zero-order chi connectivity index (χ0) is 42.3. The minimum atomic E-state index is -2.03. The molecular weight excluding hydrogens is 826 g/mol. The van der Waals surface area contributed by atoms with Crippen LogP contribution in [0.25, 0.3) is 0 Å². The van der Waals surface area contributed by atoms with Crippen LogP contribution >= 0.6 is 34.7 Å². The van der Waals surface area contributed by atoms with Crippen LogP contribution in [0.15, 0.2) is 46.5 Å². The highest BCUT2D eigenvalue weighted by atomic mass is 35.5. The molecule has 0 radical (unpaired) electrons. The van der Waals surface area contributed by atoms with Gasteiger partial charge in [0, 0.05) is 11.9 Å². The van der Waals surface area contributed by atoms with Crippen LogP contribution in [-0.2, 0) is 37.1 Å². The van der Waals surface area contributed by atoms with E-state index in [-0.39, 0.29) is 41.0 Å². The number of carbonyl (C=O) groups is 6. The summed E-state index contributed by atoms with van der Waals surface area (Å²) in [6.45, 7) is 4.34. The molecule has 6 rings (SSSR count). The number of benzene rings is 1. The minimum Gasteiger partial charge on any atom is -0.547 e. The summed E-state index contributed by atoms with van der Waals surface area (Å²) in [7, 11) is 0. The molecule has 0 spiro atoms. The van der Waals surface area contributed by atoms with Crippen molar-refractivity contribution in [2.75, 3.05) is 25.4 Å². The van der Waals surface area contributed by atoms with Crippen LogP contribution in [0, 0.1) is 0 Å². The number of anilines is 1. The number of nitrogens with zero attached hydrogens (tertiary/aromatic N) is 8. The van der Waals surface area contributed by atoms with Crippen molar-refractivity contribution in [1.82, 2.24) is 35.0 Å². The SMILES string of the molecule is C[C@H]1CN([C@]2(C(=O)[O-])CN3C(=O)[C@@H](NC(=O)/C(=N\OC(C)(C)C(=O)O)c4csc(N)n4)[C@H]3S2)C(=O)N1/N=C/C[n+]1ccn(CCNC(=O)c2ccc(O)c(O)c2Cl)c1. The van der Waals surface area contributed by atoms with Gasteiger partial charge in [-0.1, -0.05) is 28.5 Å². The molecule has 2 aromatic heterocycles. The van der Waals surface area contributed by atoms with E-state index in [0.29, 0.717) is 6.54 Å². The van der Waals surface area contributed by atoms with E-state index in [0.717, 1.165) is 39.1 Å². The second-order valence-corrected chi connectivity index (χ2v) is 16.4. The van der Waals surface area contributed by atoms with E-state index in [4.69, 9.17) is 22.2 Å². The topological polar surface area (TPSA) is 302 Å². The zero-order valence-electron chi connectivity index (χ0n) is 30.8. The lowest BCUT2D eigenvalue weighted by Crippen LogP contribution is -2.68. The van der Waals surface area contributed by atoms with E-state index in [1.807, 2.05) is 0 Å². The largest absolute Gasteiger partial charge is 0.547 e. The molecule has 4 atom stereocenters. The number of hydrogen-bond donors (Lipinski definition) is 6. The highest BCUT2D eigenvalue weighted by Crippen LogP contribution is 2.49. The van der Waals surface area contributed by atoms with E-state index in [2.05, 4.69) is 25.9 Å². The monoisotopic (exact) mass is 861 g/mol. The maximum Gasteiger partial charge on any atom is 0.350 e. The number of fused-ring (bicyclic) bond motifs is 1. The van der Waals surface area contributed by atoms with Gasteiger partial charge in [-0.2, -0.15) is 5.10 Å². The Morgan fingerprint density at radius 1 is 1.26 bits per heavy atom. The zero-order valence-corrected chi connectivity index (χ0v) is 33.2. The van der Waals surface area contributed by atoms with Crippen LogP contribution in [-0.4, -0.2) is 135 Å². The molecule has 3 fully saturated rings. The number of phenolic OH excluding ortho intramolecular Hbond substituents is 2. The molecule has 3 saturated heterocycles. The summed E-state index contributed by atoms with van der Waals surface area (Å²) in [5, 5.41) is 56.1. The molecule has 0 saturated carbocycles. The number of carboxylic acid groups (broad SMARTS) is 2. The lowest BCUT2D eigenvalue weighted by molar-refractivity contribution is -0.680. The smallest absolute Gasteiger partial charge is 0.350 e. The van der Waals surface area contributed by atoms with E-state index in [1.54, 1.807) is 34.8 Å². The van der Waals surface area contributed by atoms with Gasteiger partial charge >= 0.3 is 12.0 Å². The van der Waals surface area contributed by atoms with Gasteiger partial charge in [0.15, 0.2) is 22.3 Å². The van der Waals surface area contributed by atoms with E-state index in [9.17, 15) is 49.2 Å². The van der Waals surface area contributed by atoms with E-state index < -0.39 is 87.4 Å². The Morgan fingerprint density at radius 2 is 2.00 bits per heavy atom. The van der Waals surface area contributed by atoms with Crippen molar-refractivity contribution in [3.63, 3.8) is 0 Å². The molecule has 7 N–H and O–H groups in total. The number of thioether (sulfide) groups is 1. The standard InChI is InChI=1S/C33H36ClN11O11S2/c1-16-12-44(31(55)45(16)37-7-9-42-11-10-41(15-42)8-6-36-24(48)17-4-5-19(46)23(47)20(17)34)33(29(53)54)14-43-26(50)22(27(43)58-33)39-25(49)21(18-13-57-30(35)38-18)40-56-32(2,3)28(51)52/h4-5,7,10-11,13,15-16,22,27H,6,8-9,12,14H2,1-3H3,(H7-,35,36,38,39,40,46,47,48,49,51,52,53,54)/b37-7+/t16-,22+,27+,33+/m0/s1. The second kappa shape index (κ2) is 16.0. The number of nitrogens with two attached hydrogens (primary N) is 1. The number of carbonyl (C=O) groups excluding carboxylic acids is 5. The number of rotatable bonds is 15. The van der Waals surface area contributed by atoms with Crippen molar-refractivity contribution < 1.29 is 58.6 Å². The number of carboxylic acids is 2. The Balaban J connectivity index is 1.06. The Hall–Kier alpha value is -6.14. The predicted octanol–water partition coefficient (Wildman–Crippen LogP) is -1.45. The maximum atomic E-state index is 13.7. The van der Waals surface area contributed by atoms with E-state index in [1.165, 1.54) is 36.4 Å². The molecule has 5 heterocycles. The first-order chi connectivity index (χ1) is 27.3. The summed E-state index contributed by atoms with van der Waals surface area (Å²) >= 11 is 7.68. The molecule has 0 bridgehead atoms. The lowest BCUT2D eigenvalue weighted by atomic mass is 10.1. The van der Waals surface area contributed by atoms with Crippen LogP contribution < -0.4 is 26.0 Å². The Morgan fingerprint density at radius 3 is 2.67 bits per heavy atom. The molecular formula is C33H36ClN11O11S2. The number of aliphatic carboxylic acids is 2. The molecule has 5 amide bonds. The summed E-state index contributed by atoms with van der Waals surface area (Å²) in [4.78, 5) is 86.6. The Bertz CT molecular complexity index is 2250. The highest BCUT2D eigenvalue weighted by Gasteiger charge is 2.64. The van der Waals surface area contributed by atoms with Crippen molar-refractivity contribution in [2.45, 2.75) is 61.8 Å². The number of imidazole rings is 1. The number of hydrogen-bond acceptors (Lipinski definition) is 16. The van der Waals surface area contributed by atoms with Crippen molar-refractivity contribution in [2.24, 2.45) is 10.3 Å². The fraction of sp³-hybridized carbons (Fsp3) is 0.394. The number of aromatic nitrogens is 3. The molecule has 25 heteroatoms. The summed E-state index contributed by atoms with van der Waals surface area (Å²) in [5.41, 5.74) is 3.35. The number of hydrazone groups is 1. The number of amides is 5. The van der Waals surface area contributed by atoms with Gasteiger partial charge in [-0.05, 0) is 32.9 Å². The Kier molecular flexibility index (Phi) is 11.5. The average Bonchev–Trinajstić information content (AvgIpc) is 3.96. The van der Waals surface area contributed by atoms with Crippen LogP contribution in [0.3, 0.4) is 0 Å². The predicted molar refractivity (Wildman–Crippen MR) is 202 cm³/mol. The fourth-order valence-electron chi connectivity index (χ4n) is 6.02. The highest BCUT2D eigenvalue weighted by molar-refractivity contribution is 8.02. The quantitative estimate of drug-likeness (QED) is 0.0335.